The fourth-order valence-electron chi connectivity index (χ4n) is 1.29. The van der Waals surface area contributed by atoms with Crippen LogP contribution in [0.15, 0.2) is 29.3 Å². The molecular weight excluding hydrogens is 170 g/mol. The second kappa shape index (κ2) is 2.33. The summed E-state index contributed by atoms with van der Waals surface area (Å²) in [6, 6.07) is 7.82. The third-order valence-corrected chi connectivity index (χ3v) is 2.38. The Morgan fingerprint density at radius 3 is 2.33 bits per heavy atom. The first kappa shape index (κ1) is 7.81. The molecule has 0 bridgehead atoms. The lowest BCUT2D eigenvalue weighted by atomic mass is 10.0. The maximum Gasteiger partial charge on any atom is 0.0977 e. The van der Waals surface area contributed by atoms with E-state index >= 15 is 0 Å². The quantitative estimate of drug-likeness (QED) is 0.629. The van der Waals surface area contributed by atoms with Crippen LogP contribution in [0.1, 0.15) is 19.4 Å². The number of halogens is 1. The van der Waals surface area contributed by atoms with Crippen LogP contribution in [0.2, 0.25) is 5.02 Å². The molecule has 0 saturated heterocycles. The summed E-state index contributed by atoms with van der Waals surface area (Å²) in [6.45, 7) is 4.18. The maximum absolute atomic E-state index is 6.01. The SMILES string of the molecule is CC1(C)N=C1c1ccccc1Cl. The van der Waals surface area contributed by atoms with Crippen LogP contribution in [0.5, 0.6) is 0 Å². The number of nitrogens with zero attached hydrogens (tertiary/aromatic N) is 1. The molecule has 1 heterocycles. The number of rotatable bonds is 1. The van der Waals surface area contributed by atoms with Gasteiger partial charge in [0, 0.05) is 10.6 Å². The third-order valence-electron chi connectivity index (χ3n) is 2.05. The van der Waals surface area contributed by atoms with Crippen molar-refractivity contribution in [2.75, 3.05) is 0 Å². The van der Waals surface area contributed by atoms with Crippen molar-refractivity contribution in [1.29, 1.82) is 0 Å². The molecule has 0 aromatic heterocycles. The van der Waals surface area contributed by atoms with Gasteiger partial charge in [-0.1, -0.05) is 29.8 Å². The van der Waals surface area contributed by atoms with Gasteiger partial charge in [0.25, 0.3) is 0 Å². The van der Waals surface area contributed by atoms with Crippen molar-refractivity contribution in [3.8, 4) is 0 Å². The zero-order valence-corrected chi connectivity index (χ0v) is 7.89. The summed E-state index contributed by atoms with van der Waals surface area (Å²) >= 11 is 6.01. The molecule has 1 aromatic carbocycles. The van der Waals surface area contributed by atoms with Gasteiger partial charge in [-0.05, 0) is 19.9 Å². The number of benzene rings is 1. The summed E-state index contributed by atoms with van der Waals surface area (Å²) in [4.78, 5) is 4.35. The Kier molecular flexibility index (Phi) is 1.52. The normalized spacial score (nSPS) is 18.8. The highest BCUT2D eigenvalue weighted by Gasteiger charge is 2.38. The molecule has 2 rings (SSSR count). The summed E-state index contributed by atoms with van der Waals surface area (Å²) in [5.41, 5.74) is 2.21. The number of aliphatic imine (C=N–C) groups is 1. The molecule has 0 saturated carbocycles. The lowest BCUT2D eigenvalue weighted by Gasteiger charge is -2.01. The van der Waals surface area contributed by atoms with Crippen molar-refractivity contribution in [3.05, 3.63) is 34.9 Å². The molecule has 0 fully saturated rings. The Morgan fingerprint density at radius 2 is 1.83 bits per heavy atom. The van der Waals surface area contributed by atoms with Gasteiger partial charge in [-0.15, -0.1) is 0 Å². The Morgan fingerprint density at radius 1 is 1.25 bits per heavy atom. The van der Waals surface area contributed by atoms with Crippen molar-refractivity contribution in [2.45, 2.75) is 19.4 Å². The lowest BCUT2D eigenvalue weighted by Crippen LogP contribution is -2.08. The Balaban J connectivity index is 2.38. The average molecular weight is 180 g/mol. The lowest BCUT2D eigenvalue weighted by molar-refractivity contribution is 0.825. The van der Waals surface area contributed by atoms with Gasteiger partial charge in [0.2, 0.25) is 0 Å². The van der Waals surface area contributed by atoms with Gasteiger partial charge in [-0.25, -0.2) is 0 Å². The Labute approximate surface area is 77.1 Å². The van der Waals surface area contributed by atoms with Gasteiger partial charge in [-0.2, -0.15) is 0 Å². The predicted molar refractivity (Wildman–Crippen MR) is 52.1 cm³/mol. The molecular formula is C10H10ClN. The molecule has 1 aliphatic heterocycles. The van der Waals surface area contributed by atoms with E-state index in [1.165, 1.54) is 0 Å². The fraction of sp³-hybridized carbons (Fsp3) is 0.300. The molecule has 0 N–H and O–H groups in total. The summed E-state index contributed by atoms with van der Waals surface area (Å²) in [6.07, 6.45) is 0. The Bertz CT molecular complexity index is 353. The molecule has 0 spiro atoms. The minimum atomic E-state index is 0.0188. The third kappa shape index (κ3) is 1.14. The van der Waals surface area contributed by atoms with Crippen LogP contribution in [0.3, 0.4) is 0 Å². The first-order chi connectivity index (χ1) is 5.61. The second-order valence-corrected chi connectivity index (χ2v) is 3.91. The van der Waals surface area contributed by atoms with Crippen molar-refractivity contribution in [2.24, 2.45) is 4.99 Å². The van der Waals surface area contributed by atoms with Gasteiger partial charge in [0.1, 0.15) is 0 Å². The van der Waals surface area contributed by atoms with Gasteiger partial charge < -0.3 is 0 Å². The van der Waals surface area contributed by atoms with E-state index in [4.69, 9.17) is 11.6 Å². The molecule has 1 nitrogen and oxygen atoms in total. The molecule has 62 valence electrons. The van der Waals surface area contributed by atoms with Gasteiger partial charge in [0.15, 0.2) is 0 Å². The molecule has 0 amide bonds. The zero-order chi connectivity index (χ0) is 8.77. The molecule has 0 aliphatic carbocycles. The van der Waals surface area contributed by atoms with Crippen LogP contribution in [0.25, 0.3) is 0 Å². The molecule has 0 atom stereocenters. The minimum absolute atomic E-state index is 0.0188. The monoisotopic (exact) mass is 179 g/mol. The van der Waals surface area contributed by atoms with Crippen molar-refractivity contribution in [3.63, 3.8) is 0 Å². The molecule has 0 unspecified atom stereocenters. The zero-order valence-electron chi connectivity index (χ0n) is 7.13. The average Bonchev–Trinajstić information content (AvgIpc) is 2.61. The van der Waals surface area contributed by atoms with Crippen LogP contribution in [-0.4, -0.2) is 11.3 Å². The summed E-state index contributed by atoms with van der Waals surface area (Å²) in [7, 11) is 0. The minimum Gasteiger partial charge on any atom is -0.274 e. The van der Waals surface area contributed by atoms with Gasteiger partial charge in [0.05, 0.1) is 11.3 Å². The van der Waals surface area contributed by atoms with Crippen LogP contribution in [0.4, 0.5) is 0 Å². The van der Waals surface area contributed by atoms with E-state index in [0.29, 0.717) is 0 Å². The molecule has 1 aromatic rings. The van der Waals surface area contributed by atoms with Gasteiger partial charge >= 0.3 is 0 Å². The van der Waals surface area contributed by atoms with Crippen molar-refractivity contribution in [1.82, 2.24) is 0 Å². The summed E-state index contributed by atoms with van der Waals surface area (Å²) < 4.78 is 0. The van der Waals surface area contributed by atoms with Crippen molar-refractivity contribution >= 4 is 17.3 Å². The first-order valence-corrected chi connectivity index (χ1v) is 4.34. The largest absolute Gasteiger partial charge is 0.274 e. The van der Waals surface area contributed by atoms with Gasteiger partial charge in [-0.3, -0.25) is 4.99 Å². The summed E-state index contributed by atoms with van der Waals surface area (Å²) in [5.74, 6) is 0. The van der Waals surface area contributed by atoms with Crippen LogP contribution in [-0.2, 0) is 0 Å². The standard InChI is InChI=1S/C10H10ClN/c1-10(2)9(12-10)7-5-3-4-6-8(7)11/h3-6H,1-2H3. The van der Waals surface area contributed by atoms with E-state index in [2.05, 4.69) is 18.8 Å². The molecule has 1 aliphatic rings. The highest BCUT2D eigenvalue weighted by Crippen LogP contribution is 2.34. The van der Waals surface area contributed by atoms with E-state index in [1.54, 1.807) is 0 Å². The second-order valence-electron chi connectivity index (χ2n) is 3.50. The highest BCUT2D eigenvalue weighted by molar-refractivity contribution is 6.36. The van der Waals surface area contributed by atoms with E-state index in [1.807, 2.05) is 24.3 Å². The molecule has 12 heavy (non-hydrogen) atoms. The van der Waals surface area contributed by atoms with Crippen LogP contribution >= 0.6 is 11.6 Å². The van der Waals surface area contributed by atoms with Crippen LogP contribution < -0.4 is 0 Å². The fourth-order valence-corrected chi connectivity index (χ4v) is 1.52. The van der Waals surface area contributed by atoms with Crippen LogP contribution in [0, 0.1) is 0 Å². The number of hydrogen-bond acceptors (Lipinski definition) is 1. The van der Waals surface area contributed by atoms with E-state index < -0.39 is 0 Å². The number of hydrogen-bond donors (Lipinski definition) is 0. The first-order valence-electron chi connectivity index (χ1n) is 3.96. The summed E-state index contributed by atoms with van der Waals surface area (Å²) in [5, 5.41) is 0.793. The molecule has 2 heteroatoms. The highest BCUT2D eigenvalue weighted by atomic mass is 35.5. The van der Waals surface area contributed by atoms with E-state index in [-0.39, 0.29) is 5.54 Å². The van der Waals surface area contributed by atoms with E-state index in [0.717, 1.165) is 16.3 Å². The smallest absolute Gasteiger partial charge is 0.0977 e. The predicted octanol–water partition coefficient (Wildman–Crippen LogP) is 2.92. The topological polar surface area (TPSA) is 12.4 Å². The van der Waals surface area contributed by atoms with Crippen molar-refractivity contribution < 1.29 is 0 Å². The van der Waals surface area contributed by atoms with E-state index in [9.17, 15) is 0 Å². The maximum atomic E-state index is 6.01. The Hall–Kier alpha value is -0.820. The molecule has 0 radical (unpaired) electrons.